The summed E-state index contributed by atoms with van der Waals surface area (Å²) in [5.41, 5.74) is 0. The number of allylic oxidation sites excluding steroid dienone is 16. The van der Waals surface area contributed by atoms with Crippen molar-refractivity contribution in [1.82, 2.24) is 0 Å². The Morgan fingerprint density at radius 2 is 0.506 bits per heavy atom. The monoisotopic (exact) mass is 1070 g/mol. The number of esters is 3. The smallest absolute Gasteiger partial charge is 0.306 e. The molecule has 6 heteroatoms. The second-order valence-corrected chi connectivity index (χ2v) is 21.6. The lowest BCUT2D eigenvalue weighted by molar-refractivity contribution is -0.167. The molecule has 1 unspecified atom stereocenters. The van der Waals surface area contributed by atoms with Gasteiger partial charge in [-0.05, 0) is 122 Å². The Labute approximate surface area is 477 Å². The van der Waals surface area contributed by atoms with Gasteiger partial charge in [0.15, 0.2) is 6.10 Å². The van der Waals surface area contributed by atoms with Crippen LogP contribution in [-0.2, 0) is 28.6 Å². The quantitative estimate of drug-likeness (QED) is 0.0261. The Kier molecular flexibility index (Phi) is 61.8. The molecule has 0 aliphatic rings. The molecule has 0 fully saturated rings. The molecule has 0 aliphatic carbocycles. The van der Waals surface area contributed by atoms with E-state index in [1.165, 1.54) is 154 Å². The molecule has 0 saturated carbocycles. The minimum atomic E-state index is -0.792. The van der Waals surface area contributed by atoms with E-state index >= 15 is 0 Å². The van der Waals surface area contributed by atoms with Gasteiger partial charge in [-0.1, -0.05) is 272 Å². The van der Waals surface area contributed by atoms with Gasteiger partial charge >= 0.3 is 17.9 Å². The Bertz CT molecular complexity index is 1510. The lowest BCUT2D eigenvalue weighted by Gasteiger charge is -2.18. The summed E-state index contributed by atoms with van der Waals surface area (Å²) >= 11 is 0. The van der Waals surface area contributed by atoms with E-state index in [4.69, 9.17) is 14.2 Å². The van der Waals surface area contributed by atoms with E-state index in [0.717, 1.165) is 122 Å². The average molecular weight is 1070 g/mol. The zero-order valence-corrected chi connectivity index (χ0v) is 50.7. The summed E-state index contributed by atoms with van der Waals surface area (Å²) in [4.78, 5) is 38.3. The molecule has 0 aromatic heterocycles. The van der Waals surface area contributed by atoms with Crippen molar-refractivity contribution >= 4 is 17.9 Å². The SMILES string of the molecule is CC/C=C\C/C=C\C/C=C\CCCCCCCCCC(=O)OC(COC(=O)CCCCCCC/C=C\C/C=C\CCCCC)COC(=O)CCCCCCCCCCCCCC/C=C\C/C=C\C/C=C\CCCCCCC. The highest BCUT2D eigenvalue weighted by atomic mass is 16.6. The van der Waals surface area contributed by atoms with Crippen LogP contribution < -0.4 is 0 Å². The molecule has 0 bridgehead atoms. The number of hydrogen-bond donors (Lipinski definition) is 0. The van der Waals surface area contributed by atoms with Gasteiger partial charge < -0.3 is 14.2 Å². The largest absolute Gasteiger partial charge is 0.462 e. The predicted octanol–water partition coefficient (Wildman–Crippen LogP) is 22.4. The standard InChI is InChI=1S/C71H122O6/c1-4-7-10-13-16-19-22-25-28-30-31-32-33-34-35-36-37-38-39-41-43-46-49-52-55-58-61-64-70(73)76-67-68(66-75-69(72)63-60-57-54-51-48-45-42-27-24-21-18-15-12-9-6-3)77-71(74)65-62-59-56-53-50-47-44-40-29-26-23-20-17-14-11-8-5-2/h8,11,17-18,20-22,25-27,29-31,33-34,42,68H,4-7,9-10,12-16,19,23-24,28,32,35-41,43-67H2,1-3H3/b11-8-,20-17-,21-18-,25-22-,29-26-,31-30-,34-33-,42-27-. The van der Waals surface area contributed by atoms with Crippen molar-refractivity contribution in [2.75, 3.05) is 13.2 Å². The van der Waals surface area contributed by atoms with E-state index in [0.29, 0.717) is 19.3 Å². The summed E-state index contributed by atoms with van der Waals surface area (Å²) in [5.74, 6) is -0.903. The van der Waals surface area contributed by atoms with Crippen molar-refractivity contribution < 1.29 is 28.6 Å². The van der Waals surface area contributed by atoms with Crippen molar-refractivity contribution in [2.45, 2.75) is 322 Å². The summed E-state index contributed by atoms with van der Waals surface area (Å²) in [6.07, 6.45) is 87.0. The van der Waals surface area contributed by atoms with Crippen LogP contribution in [0.25, 0.3) is 0 Å². The fourth-order valence-corrected chi connectivity index (χ4v) is 9.14. The summed E-state index contributed by atoms with van der Waals surface area (Å²) in [5, 5.41) is 0. The molecular formula is C71H122O6. The molecular weight excluding hydrogens is 949 g/mol. The highest BCUT2D eigenvalue weighted by Crippen LogP contribution is 2.16. The number of ether oxygens (including phenoxy) is 3. The fraction of sp³-hybridized carbons (Fsp3) is 0.732. The molecule has 0 rings (SSSR count). The molecule has 0 spiro atoms. The van der Waals surface area contributed by atoms with Crippen molar-refractivity contribution in [3.05, 3.63) is 97.2 Å². The summed E-state index contributed by atoms with van der Waals surface area (Å²) in [7, 11) is 0. The van der Waals surface area contributed by atoms with Gasteiger partial charge in [0.25, 0.3) is 0 Å². The molecule has 0 N–H and O–H groups in total. The van der Waals surface area contributed by atoms with Gasteiger partial charge in [0.05, 0.1) is 0 Å². The van der Waals surface area contributed by atoms with Crippen LogP contribution in [0.4, 0.5) is 0 Å². The van der Waals surface area contributed by atoms with Gasteiger partial charge in [-0.15, -0.1) is 0 Å². The Morgan fingerprint density at radius 1 is 0.273 bits per heavy atom. The minimum absolute atomic E-state index is 0.0865. The Morgan fingerprint density at radius 3 is 0.818 bits per heavy atom. The second-order valence-electron chi connectivity index (χ2n) is 21.6. The predicted molar refractivity (Wildman–Crippen MR) is 334 cm³/mol. The van der Waals surface area contributed by atoms with Crippen LogP contribution in [0.1, 0.15) is 316 Å². The van der Waals surface area contributed by atoms with E-state index in [1.807, 2.05) is 0 Å². The number of carbonyl (C=O) groups excluding carboxylic acids is 3. The first kappa shape index (κ1) is 73.3. The zero-order chi connectivity index (χ0) is 55.7. The van der Waals surface area contributed by atoms with Crippen molar-refractivity contribution in [3.63, 3.8) is 0 Å². The number of rotatable bonds is 59. The summed E-state index contributed by atoms with van der Waals surface area (Å²) in [6.45, 7) is 6.50. The molecule has 0 amide bonds. The molecule has 0 radical (unpaired) electrons. The molecule has 0 heterocycles. The van der Waals surface area contributed by atoms with E-state index < -0.39 is 6.10 Å². The minimum Gasteiger partial charge on any atom is -0.462 e. The van der Waals surface area contributed by atoms with Gasteiger partial charge in [0.2, 0.25) is 0 Å². The number of hydrogen-bond acceptors (Lipinski definition) is 6. The number of unbranched alkanes of at least 4 members (excludes halogenated alkanes) is 32. The van der Waals surface area contributed by atoms with Crippen LogP contribution in [0.15, 0.2) is 97.2 Å². The van der Waals surface area contributed by atoms with Gasteiger partial charge in [-0.2, -0.15) is 0 Å². The van der Waals surface area contributed by atoms with E-state index in [2.05, 4.69) is 118 Å². The normalized spacial score (nSPS) is 12.7. The highest BCUT2D eigenvalue weighted by Gasteiger charge is 2.19. The first-order chi connectivity index (χ1) is 38.0. The van der Waals surface area contributed by atoms with Crippen molar-refractivity contribution in [3.8, 4) is 0 Å². The van der Waals surface area contributed by atoms with Crippen LogP contribution in [0.2, 0.25) is 0 Å². The third-order valence-corrected chi connectivity index (χ3v) is 14.0. The van der Waals surface area contributed by atoms with Gasteiger partial charge in [0, 0.05) is 19.3 Å². The highest BCUT2D eigenvalue weighted by molar-refractivity contribution is 5.71. The maximum absolute atomic E-state index is 12.9. The second kappa shape index (κ2) is 64.9. The van der Waals surface area contributed by atoms with Crippen LogP contribution in [0, 0.1) is 0 Å². The summed E-state index contributed by atoms with van der Waals surface area (Å²) < 4.78 is 16.9. The van der Waals surface area contributed by atoms with Gasteiger partial charge in [-0.3, -0.25) is 14.4 Å². The molecule has 0 saturated heterocycles. The molecule has 0 aromatic carbocycles. The van der Waals surface area contributed by atoms with Crippen molar-refractivity contribution in [2.24, 2.45) is 0 Å². The average Bonchev–Trinajstić information content (AvgIpc) is 3.43. The van der Waals surface area contributed by atoms with Crippen LogP contribution in [-0.4, -0.2) is 37.2 Å². The molecule has 1 atom stereocenters. The van der Waals surface area contributed by atoms with Gasteiger partial charge in [-0.25, -0.2) is 0 Å². The third kappa shape index (κ3) is 63.0. The third-order valence-electron chi connectivity index (χ3n) is 14.0. The van der Waals surface area contributed by atoms with Crippen molar-refractivity contribution in [1.29, 1.82) is 0 Å². The zero-order valence-electron chi connectivity index (χ0n) is 50.7. The lowest BCUT2D eigenvalue weighted by Crippen LogP contribution is -2.30. The molecule has 6 nitrogen and oxygen atoms in total. The molecule has 0 aliphatic heterocycles. The molecule has 0 aromatic rings. The first-order valence-corrected chi connectivity index (χ1v) is 32.7. The van der Waals surface area contributed by atoms with E-state index in [1.54, 1.807) is 0 Å². The molecule has 442 valence electrons. The Hall–Kier alpha value is -3.67. The van der Waals surface area contributed by atoms with Crippen LogP contribution >= 0.6 is 0 Å². The number of carbonyl (C=O) groups is 3. The summed E-state index contributed by atoms with van der Waals surface area (Å²) in [6, 6.07) is 0. The maximum Gasteiger partial charge on any atom is 0.306 e. The van der Waals surface area contributed by atoms with E-state index in [9.17, 15) is 14.4 Å². The first-order valence-electron chi connectivity index (χ1n) is 32.7. The maximum atomic E-state index is 12.9. The van der Waals surface area contributed by atoms with Gasteiger partial charge in [0.1, 0.15) is 13.2 Å². The fourth-order valence-electron chi connectivity index (χ4n) is 9.14. The topological polar surface area (TPSA) is 78.9 Å². The lowest BCUT2D eigenvalue weighted by atomic mass is 10.0. The van der Waals surface area contributed by atoms with Crippen LogP contribution in [0.3, 0.4) is 0 Å². The van der Waals surface area contributed by atoms with E-state index in [-0.39, 0.29) is 31.1 Å². The molecule has 77 heavy (non-hydrogen) atoms. The van der Waals surface area contributed by atoms with Crippen LogP contribution in [0.5, 0.6) is 0 Å². The Balaban J connectivity index is 4.32.